The number of nitrogens with zero attached hydrogens (tertiary/aromatic N) is 2. The van der Waals surface area contributed by atoms with Crippen LogP contribution in [-0.4, -0.2) is 16.1 Å². The smallest absolute Gasteiger partial charge is 0.0997 e. The predicted octanol–water partition coefficient (Wildman–Crippen LogP) is 2.60. The minimum absolute atomic E-state index is 0.929. The molecule has 0 fully saturated rings. The lowest BCUT2D eigenvalue weighted by Gasteiger charge is -2.07. The van der Waals surface area contributed by atoms with Crippen LogP contribution in [0.25, 0.3) is 5.69 Å². The molecule has 0 amide bonds. The van der Waals surface area contributed by atoms with Gasteiger partial charge >= 0.3 is 0 Å². The van der Waals surface area contributed by atoms with E-state index in [9.17, 15) is 0 Å². The zero-order valence-electron chi connectivity index (χ0n) is 10.7. The Balaban J connectivity index is 2.20. The number of imidazole rings is 1. The highest BCUT2D eigenvalue weighted by Gasteiger charge is 2.03. The van der Waals surface area contributed by atoms with Crippen LogP contribution in [0.5, 0.6) is 0 Å². The number of aromatic nitrogens is 2. The lowest BCUT2D eigenvalue weighted by molar-refractivity contribution is 0.726. The molecule has 0 aliphatic heterocycles. The molecule has 0 saturated heterocycles. The van der Waals surface area contributed by atoms with Gasteiger partial charge in [-0.15, -0.1) is 0 Å². The number of hydrogen-bond donors (Lipinski definition) is 1. The van der Waals surface area contributed by atoms with E-state index in [2.05, 4.69) is 53.0 Å². The molecule has 0 bridgehead atoms. The van der Waals surface area contributed by atoms with Gasteiger partial charge < -0.3 is 9.88 Å². The third kappa shape index (κ3) is 2.56. The second-order valence-electron chi connectivity index (χ2n) is 4.23. The van der Waals surface area contributed by atoms with Crippen molar-refractivity contribution in [2.45, 2.75) is 27.3 Å². The van der Waals surface area contributed by atoms with Crippen molar-refractivity contribution >= 4 is 0 Å². The summed E-state index contributed by atoms with van der Waals surface area (Å²) in [6, 6.07) is 8.60. The molecule has 0 unspecified atom stereocenters. The molecule has 0 aliphatic carbocycles. The monoisotopic (exact) mass is 229 g/mol. The highest BCUT2D eigenvalue weighted by Crippen LogP contribution is 2.14. The summed E-state index contributed by atoms with van der Waals surface area (Å²) in [6.45, 7) is 8.17. The zero-order chi connectivity index (χ0) is 12.3. The second kappa shape index (κ2) is 5.15. The molecule has 1 heterocycles. The average molecular weight is 229 g/mol. The molecule has 17 heavy (non-hydrogen) atoms. The van der Waals surface area contributed by atoms with E-state index >= 15 is 0 Å². The fourth-order valence-corrected chi connectivity index (χ4v) is 1.80. The maximum absolute atomic E-state index is 4.32. The Morgan fingerprint density at radius 2 is 1.88 bits per heavy atom. The number of rotatable bonds is 4. The first-order chi connectivity index (χ1) is 8.22. The van der Waals surface area contributed by atoms with Crippen molar-refractivity contribution in [1.82, 2.24) is 14.9 Å². The molecular weight excluding hydrogens is 210 g/mol. The minimum Gasteiger partial charge on any atom is -0.313 e. The summed E-state index contributed by atoms with van der Waals surface area (Å²) in [5.41, 5.74) is 4.76. The van der Waals surface area contributed by atoms with Crippen molar-refractivity contribution in [2.24, 2.45) is 0 Å². The Hall–Kier alpha value is -1.61. The van der Waals surface area contributed by atoms with Gasteiger partial charge in [-0.2, -0.15) is 0 Å². The van der Waals surface area contributed by atoms with Crippen LogP contribution in [0.1, 0.15) is 23.9 Å². The predicted molar refractivity (Wildman–Crippen MR) is 70.4 cm³/mol. The van der Waals surface area contributed by atoms with Gasteiger partial charge in [-0.25, -0.2) is 4.98 Å². The van der Waals surface area contributed by atoms with E-state index in [4.69, 9.17) is 0 Å². The maximum atomic E-state index is 4.32. The Labute approximate surface area is 103 Å². The summed E-state index contributed by atoms with van der Waals surface area (Å²) < 4.78 is 2.12. The Morgan fingerprint density at radius 1 is 1.18 bits per heavy atom. The normalized spacial score (nSPS) is 10.8. The fourth-order valence-electron chi connectivity index (χ4n) is 1.80. The van der Waals surface area contributed by atoms with Crippen molar-refractivity contribution < 1.29 is 0 Å². The van der Waals surface area contributed by atoms with Crippen molar-refractivity contribution in [3.63, 3.8) is 0 Å². The summed E-state index contributed by atoms with van der Waals surface area (Å²) >= 11 is 0. The third-order valence-corrected chi connectivity index (χ3v) is 3.05. The molecule has 1 N–H and O–H groups in total. The van der Waals surface area contributed by atoms with Crippen molar-refractivity contribution in [1.29, 1.82) is 0 Å². The first kappa shape index (κ1) is 11.9. The van der Waals surface area contributed by atoms with Gasteiger partial charge in [0.25, 0.3) is 0 Å². The number of aryl methyl sites for hydroxylation is 1. The molecule has 0 aliphatic rings. The second-order valence-corrected chi connectivity index (χ2v) is 4.23. The first-order valence-corrected chi connectivity index (χ1v) is 6.03. The molecule has 0 atom stereocenters. The average Bonchev–Trinajstić information content (AvgIpc) is 2.68. The standard InChI is InChI=1S/C14H19N3/c1-4-15-9-13-5-7-14(8-6-13)17-10-16-11(2)12(17)3/h5-8,10,15H,4,9H2,1-3H3. The topological polar surface area (TPSA) is 29.9 Å². The van der Waals surface area contributed by atoms with Crippen LogP contribution in [0.4, 0.5) is 0 Å². The van der Waals surface area contributed by atoms with Crippen molar-refractivity contribution in [2.75, 3.05) is 6.54 Å². The Bertz CT molecular complexity index is 483. The van der Waals surface area contributed by atoms with E-state index in [-0.39, 0.29) is 0 Å². The van der Waals surface area contributed by atoms with Crippen molar-refractivity contribution in [3.05, 3.63) is 47.5 Å². The molecule has 0 saturated carbocycles. The molecule has 3 nitrogen and oxygen atoms in total. The number of benzene rings is 1. The quantitative estimate of drug-likeness (QED) is 0.873. The molecular formula is C14H19N3. The van der Waals surface area contributed by atoms with E-state index in [1.807, 2.05) is 13.3 Å². The highest BCUT2D eigenvalue weighted by molar-refractivity contribution is 5.37. The molecule has 90 valence electrons. The van der Waals surface area contributed by atoms with Crippen LogP contribution >= 0.6 is 0 Å². The van der Waals surface area contributed by atoms with E-state index in [1.54, 1.807) is 0 Å². The van der Waals surface area contributed by atoms with Crippen LogP contribution in [0, 0.1) is 13.8 Å². The summed E-state index contributed by atoms with van der Waals surface area (Å²) in [4.78, 5) is 4.32. The maximum Gasteiger partial charge on any atom is 0.0997 e. The Morgan fingerprint density at radius 3 is 2.41 bits per heavy atom. The summed E-state index contributed by atoms with van der Waals surface area (Å²) in [5, 5.41) is 3.32. The summed E-state index contributed by atoms with van der Waals surface area (Å²) in [7, 11) is 0. The van der Waals surface area contributed by atoms with Crippen molar-refractivity contribution in [3.8, 4) is 5.69 Å². The number of hydrogen-bond acceptors (Lipinski definition) is 2. The van der Waals surface area contributed by atoms with Gasteiger partial charge in [-0.3, -0.25) is 0 Å². The van der Waals surface area contributed by atoms with Crippen LogP contribution in [0.2, 0.25) is 0 Å². The Kier molecular flexibility index (Phi) is 3.59. The van der Waals surface area contributed by atoms with Crippen LogP contribution in [0.15, 0.2) is 30.6 Å². The first-order valence-electron chi connectivity index (χ1n) is 6.03. The SMILES string of the molecule is CCNCc1ccc(-n2cnc(C)c2C)cc1. The lowest BCUT2D eigenvalue weighted by Crippen LogP contribution is -2.11. The van der Waals surface area contributed by atoms with E-state index in [0.29, 0.717) is 0 Å². The van der Waals surface area contributed by atoms with Gasteiger partial charge in [0.15, 0.2) is 0 Å². The fraction of sp³-hybridized carbons (Fsp3) is 0.357. The molecule has 1 aromatic heterocycles. The van der Waals surface area contributed by atoms with E-state index in [1.165, 1.54) is 16.9 Å². The molecule has 0 radical (unpaired) electrons. The summed E-state index contributed by atoms with van der Waals surface area (Å²) in [6.07, 6.45) is 1.88. The molecule has 2 aromatic rings. The minimum atomic E-state index is 0.929. The van der Waals surface area contributed by atoms with Crippen LogP contribution in [-0.2, 0) is 6.54 Å². The van der Waals surface area contributed by atoms with Gasteiger partial charge in [-0.1, -0.05) is 19.1 Å². The number of nitrogens with one attached hydrogen (secondary N) is 1. The summed E-state index contributed by atoms with van der Waals surface area (Å²) in [5.74, 6) is 0. The third-order valence-electron chi connectivity index (χ3n) is 3.05. The molecule has 3 heteroatoms. The lowest BCUT2D eigenvalue weighted by atomic mass is 10.2. The highest BCUT2D eigenvalue weighted by atomic mass is 15.1. The zero-order valence-corrected chi connectivity index (χ0v) is 10.7. The van der Waals surface area contributed by atoms with Gasteiger partial charge in [0.1, 0.15) is 0 Å². The largest absolute Gasteiger partial charge is 0.313 e. The van der Waals surface area contributed by atoms with Gasteiger partial charge in [0, 0.05) is 17.9 Å². The molecule has 1 aromatic carbocycles. The van der Waals surface area contributed by atoms with Gasteiger partial charge in [-0.05, 0) is 38.1 Å². The van der Waals surface area contributed by atoms with Gasteiger partial charge in [0.05, 0.1) is 12.0 Å². The van der Waals surface area contributed by atoms with E-state index in [0.717, 1.165) is 18.8 Å². The molecule has 0 spiro atoms. The van der Waals surface area contributed by atoms with Gasteiger partial charge in [0.2, 0.25) is 0 Å². The van der Waals surface area contributed by atoms with Crippen LogP contribution < -0.4 is 5.32 Å². The molecule has 2 rings (SSSR count). The van der Waals surface area contributed by atoms with Crippen LogP contribution in [0.3, 0.4) is 0 Å². The van der Waals surface area contributed by atoms with E-state index < -0.39 is 0 Å².